The fourth-order valence-corrected chi connectivity index (χ4v) is 4.45. The second kappa shape index (κ2) is 12.6. The number of ketones is 1. The Morgan fingerprint density at radius 3 is 2.55 bits per heavy atom. The van der Waals surface area contributed by atoms with E-state index in [1.807, 2.05) is 19.1 Å². The number of halogens is 1. The van der Waals surface area contributed by atoms with E-state index in [4.69, 9.17) is 21.1 Å². The van der Waals surface area contributed by atoms with Gasteiger partial charge in [-0.1, -0.05) is 37.9 Å². The Kier molecular flexibility index (Phi) is 10.2. The third-order valence-corrected chi connectivity index (χ3v) is 6.28. The summed E-state index contributed by atoms with van der Waals surface area (Å²) in [6, 6.07) is 8.89. The Morgan fingerprint density at radius 2 is 1.94 bits per heavy atom. The second-order valence-corrected chi connectivity index (χ2v) is 8.56. The average molecular weight is 464 g/mol. The third-order valence-electron chi connectivity index (χ3n) is 4.69. The topological polar surface area (TPSA) is 75.7 Å². The van der Waals surface area contributed by atoms with E-state index in [0.29, 0.717) is 34.9 Å². The van der Waals surface area contributed by atoms with Crippen LogP contribution in [0.4, 0.5) is 0 Å². The zero-order valence-corrected chi connectivity index (χ0v) is 19.7. The Balaban J connectivity index is 1.96. The second-order valence-electron chi connectivity index (χ2n) is 7.01. The number of thioether (sulfide) groups is 1. The van der Waals surface area contributed by atoms with Crippen molar-refractivity contribution in [2.75, 3.05) is 19.5 Å². The van der Waals surface area contributed by atoms with Crippen LogP contribution in [0.1, 0.15) is 54.6 Å². The number of carbonyl (C=O) groups is 2. The monoisotopic (exact) mass is 463 g/mol. The first-order valence-electron chi connectivity index (χ1n) is 10.4. The molecule has 0 amide bonds. The van der Waals surface area contributed by atoms with Gasteiger partial charge >= 0.3 is 0 Å². The van der Waals surface area contributed by atoms with Gasteiger partial charge in [-0.05, 0) is 42.7 Å². The van der Waals surface area contributed by atoms with Gasteiger partial charge in [0.2, 0.25) is 0 Å². The molecule has 5 nitrogen and oxygen atoms in total. The molecule has 0 unspecified atom stereocenters. The maximum atomic E-state index is 12.2. The van der Waals surface area contributed by atoms with Crippen LogP contribution in [0.2, 0.25) is 5.02 Å². The number of rotatable bonds is 13. The standard InChI is InChI=1S/C24H29ClO5S/c1-4-7-18-21(10-9-17(20(26)5-2)24(18)29-3)30-12-6-13-31-22-11-8-16(14-19(22)25)15-23(27)28/h8-11,14H,4-7,12-13,15H2,1-3H3,(H,27,28)/p-1. The van der Waals surface area contributed by atoms with Crippen molar-refractivity contribution >= 4 is 35.1 Å². The van der Waals surface area contributed by atoms with Gasteiger partial charge in [-0.2, -0.15) is 0 Å². The summed E-state index contributed by atoms with van der Waals surface area (Å²) < 4.78 is 11.6. The molecule has 0 aliphatic heterocycles. The van der Waals surface area contributed by atoms with E-state index < -0.39 is 5.97 Å². The molecule has 0 aliphatic rings. The molecule has 0 aliphatic carbocycles. The molecule has 168 valence electrons. The fraction of sp³-hybridized carbons (Fsp3) is 0.417. The molecule has 0 heterocycles. The largest absolute Gasteiger partial charge is 0.550 e. The molecule has 2 aromatic rings. The predicted octanol–water partition coefficient (Wildman–Crippen LogP) is 4.75. The minimum absolute atomic E-state index is 0.0552. The van der Waals surface area contributed by atoms with Crippen LogP contribution in [0.5, 0.6) is 11.5 Å². The van der Waals surface area contributed by atoms with E-state index >= 15 is 0 Å². The Hall–Kier alpha value is -2.18. The van der Waals surface area contributed by atoms with Crippen molar-refractivity contribution in [3.63, 3.8) is 0 Å². The molecule has 31 heavy (non-hydrogen) atoms. The highest BCUT2D eigenvalue weighted by atomic mass is 35.5. The first kappa shape index (κ1) is 25.1. The lowest BCUT2D eigenvalue weighted by Crippen LogP contribution is -2.24. The molecule has 0 fully saturated rings. The molecular weight excluding hydrogens is 436 g/mol. The summed E-state index contributed by atoms with van der Waals surface area (Å²) in [7, 11) is 1.59. The Labute approximate surface area is 193 Å². The van der Waals surface area contributed by atoms with Crippen molar-refractivity contribution in [2.24, 2.45) is 0 Å². The van der Waals surface area contributed by atoms with Gasteiger partial charge in [-0.3, -0.25) is 4.79 Å². The molecular formula is C24H28ClO5S-. The maximum absolute atomic E-state index is 12.2. The van der Waals surface area contributed by atoms with Gasteiger partial charge in [-0.15, -0.1) is 11.8 Å². The quantitative estimate of drug-likeness (QED) is 0.242. The average Bonchev–Trinajstić information content (AvgIpc) is 2.74. The highest BCUT2D eigenvalue weighted by Crippen LogP contribution is 2.34. The van der Waals surface area contributed by atoms with Crippen molar-refractivity contribution in [2.45, 2.75) is 50.8 Å². The van der Waals surface area contributed by atoms with E-state index in [1.54, 1.807) is 37.1 Å². The highest BCUT2D eigenvalue weighted by molar-refractivity contribution is 7.99. The van der Waals surface area contributed by atoms with Gasteiger partial charge in [-0.25, -0.2) is 0 Å². The fourth-order valence-electron chi connectivity index (χ4n) is 3.24. The van der Waals surface area contributed by atoms with E-state index in [1.165, 1.54) is 0 Å². The number of ether oxygens (including phenoxy) is 2. The zero-order chi connectivity index (χ0) is 22.8. The van der Waals surface area contributed by atoms with E-state index in [0.717, 1.165) is 41.2 Å². The van der Waals surface area contributed by atoms with Gasteiger partial charge in [0.15, 0.2) is 5.78 Å². The first-order valence-corrected chi connectivity index (χ1v) is 11.7. The Morgan fingerprint density at radius 1 is 1.16 bits per heavy atom. The Bertz CT molecular complexity index is 913. The van der Waals surface area contributed by atoms with Gasteiger partial charge in [0.25, 0.3) is 0 Å². The number of methoxy groups -OCH3 is 1. The molecule has 0 saturated heterocycles. The van der Waals surface area contributed by atoms with Crippen LogP contribution in [0.15, 0.2) is 35.2 Å². The SMILES string of the molecule is CCCc1c(OCCCSc2ccc(CC(=O)[O-])cc2Cl)ccc(C(=O)CC)c1OC. The van der Waals surface area contributed by atoms with Crippen LogP contribution >= 0.6 is 23.4 Å². The summed E-state index contributed by atoms with van der Waals surface area (Å²) in [5, 5.41) is 11.2. The number of carboxylic acids is 1. The normalized spacial score (nSPS) is 10.7. The molecule has 0 radical (unpaired) electrons. The molecule has 7 heteroatoms. The van der Waals surface area contributed by atoms with Crippen LogP contribution in [0.3, 0.4) is 0 Å². The number of hydrogen-bond acceptors (Lipinski definition) is 6. The summed E-state index contributed by atoms with van der Waals surface area (Å²) in [4.78, 5) is 23.8. The van der Waals surface area contributed by atoms with Gasteiger partial charge in [0.05, 0.1) is 24.3 Å². The van der Waals surface area contributed by atoms with Crippen LogP contribution in [0, 0.1) is 0 Å². The van der Waals surface area contributed by atoms with Crippen LogP contribution < -0.4 is 14.6 Å². The van der Waals surface area contributed by atoms with E-state index in [2.05, 4.69) is 6.92 Å². The van der Waals surface area contributed by atoms with E-state index in [9.17, 15) is 14.7 Å². The molecule has 0 N–H and O–H groups in total. The van der Waals surface area contributed by atoms with Crippen molar-refractivity contribution in [3.05, 3.63) is 52.0 Å². The van der Waals surface area contributed by atoms with Crippen molar-refractivity contribution in [1.82, 2.24) is 0 Å². The summed E-state index contributed by atoms with van der Waals surface area (Å²) in [6.07, 6.45) is 2.76. The summed E-state index contributed by atoms with van der Waals surface area (Å²) in [5.41, 5.74) is 2.16. The first-order chi connectivity index (χ1) is 14.9. The highest BCUT2D eigenvalue weighted by Gasteiger charge is 2.18. The van der Waals surface area contributed by atoms with Gasteiger partial charge in [0.1, 0.15) is 11.5 Å². The lowest BCUT2D eigenvalue weighted by Gasteiger charge is -2.17. The van der Waals surface area contributed by atoms with Crippen molar-refractivity contribution in [3.8, 4) is 11.5 Å². The lowest BCUT2D eigenvalue weighted by atomic mass is 10.00. The third kappa shape index (κ3) is 7.18. The lowest BCUT2D eigenvalue weighted by molar-refractivity contribution is -0.304. The molecule has 0 atom stereocenters. The molecule has 0 saturated carbocycles. The van der Waals surface area contributed by atoms with Gasteiger partial charge < -0.3 is 19.4 Å². The number of carboxylic acid groups (broad SMARTS) is 1. The van der Waals surface area contributed by atoms with Crippen LogP contribution in [0.25, 0.3) is 0 Å². The molecule has 2 rings (SSSR count). The summed E-state index contributed by atoms with van der Waals surface area (Å²) in [5.74, 6) is 1.09. The van der Waals surface area contributed by atoms with Crippen LogP contribution in [-0.4, -0.2) is 31.2 Å². The zero-order valence-electron chi connectivity index (χ0n) is 18.2. The number of aliphatic carboxylic acids is 1. The van der Waals surface area contributed by atoms with E-state index in [-0.39, 0.29) is 12.2 Å². The van der Waals surface area contributed by atoms with Crippen LogP contribution in [-0.2, 0) is 17.6 Å². The minimum Gasteiger partial charge on any atom is -0.550 e. The smallest absolute Gasteiger partial charge is 0.166 e. The minimum atomic E-state index is -1.13. The summed E-state index contributed by atoms with van der Waals surface area (Å²) in [6.45, 7) is 4.44. The number of hydrogen-bond donors (Lipinski definition) is 0. The number of Topliss-reactive ketones (excluding diaryl/α,β-unsaturated/α-hetero) is 1. The predicted molar refractivity (Wildman–Crippen MR) is 123 cm³/mol. The summed E-state index contributed by atoms with van der Waals surface area (Å²) >= 11 is 7.85. The number of benzene rings is 2. The van der Waals surface area contributed by atoms with Crippen molar-refractivity contribution < 1.29 is 24.2 Å². The maximum Gasteiger partial charge on any atom is 0.166 e. The number of carbonyl (C=O) groups excluding carboxylic acids is 2. The molecule has 0 aromatic heterocycles. The van der Waals surface area contributed by atoms with Gasteiger partial charge in [0, 0.05) is 35.0 Å². The molecule has 0 bridgehead atoms. The molecule has 2 aromatic carbocycles. The molecule has 0 spiro atoms. The van der Waals surface area contributed by atoms with Crippen molar-refractivity contribution in [1.29, 1.82) is 0 Å².